The van der Waals surface area contributed by atoms with Gasteiger partial charge in [-0.05, 0) is 64.8 Å². The Bertz CT molecular complexity index is 1460. The molecule has 0 aliphatic heterocycles. The molecule has 0 unspecified atom stereocenters. The van der Waals surface area contributed by atoms with Gasteiger partial charge in [0.1, 0.15) is 6.61 Å². The fraction of sp³-hybridized carbons (Fsp3) is 0.148. The van der Waals surface area contributed by atoms with Crippen LogP contribution in [-0.2, 0) is 11.4 Å². The van der Waals surface area contributed by atoms with Crippen LogP contribution >= 0.6 is 73.8 Å². The molecule has 0 atom stereocenters. The minimum Gasteiger partial charge on any atom is -0.490 e. The van der Waals surface area contributed by atoms with Gasteiger partial charge in [-0.2, -0.15) is 5.10 Å². The van der Waals surface area contributed by atoms with E-state index in [1.54, 1.807) is 24.3 Å². The molecule has 4 rings (SSSR count). The van der Waals surface area contributed by atoms with E-state index in [1.807, 2.05) is 42.6 Å². The standard InChI is InChI=1S/C27H21BrCl3N3O3S2/c1-2-36-24-11-16(10-20(28)26(24)37-13-19-21(30)4-3-5-22(19)31)12-32-34-25(35)15-39-27-33-23(14-38-27)17-6-8-18(29)9-7-17/h3-12,14H,2,13,15H2,1H3,(H,34,35)/b32-12+. The van der Waals surface area contributed by atoms with Gasteiger partial charge >= 0.3 is 0 Å². The largest absolute Gasteiger partial charge is 0.490 e. The molecule has 0 saturated carbocycles. The number of nitrogens with zero attached hydrogens (tertiary/aromatic N) is 2. The first-order valence-electron chi connectivity index (χ1n) is 11.5. The summed E-state index contributed by atoms with van der Waals surface area (Å²) in [6.07, 6.45) is 1.53. The molecule has 4 aromatic rings. The molecular weight excluding hydrogens is 665 g/mol. The maximum Gasteiger partial charge on any atom is 0.250 e. The lowest BCUT2D eigenvalue weighted by molar-refractivity contribution is -0.118. The molecule has 1 aromatic heterocycles. The highest BCUT2D eigenvalue weighted by Crippen LogP contribution is 2.38. The second-order valence-electron chi connectivity index (χ2n) is 7.84. The number of carbonyl (C=O) groups is 1. The average molecular weight is 686 g/mol. The van der Waals surface area contributed by atoms with Crippen LogP contribution in [0.2, 0.25) is 15.1 Å². The molecule has 1 amide bonds. The lowest BCUT2D eigenvalue weighted by atomic mass is 10.2. The van der Waals surface area contributed by atoms with Crippen LogP contribution < -0.4 is 14.9 Å². The van der Waals surface area contributed by atoms with Crippen LogP contribution in [0.25, 0.3) is 11.3 Å². The molecule has 1 N–H and O–H groups in total. The summed E-state index contributed by atoms with van der Waals surface area (Å²) in [5.74, 6) is 0.946. The number of hydrazone groups is 1. The number of carbonyl (C=O) groups excluding carboxylic acids is 1. The van der Waals surface area contributed by atoms with Gasteiger partial charge in [-0.3, -0.25) is 4.79 Å². The van der Waals surface area contributed by atoms with Gasteiger partial charge in [-0.25, -0.2) is 10.4 Å². The third kappa shape index (κ3) is 8.36. The number of amides is 1. The summed E-state index contributed by atoms with van der Waals surface area (Å²) >= 11 is 24.8. The zero-order chi connectivity index (χ0) is 27.8. The zero-order valence-corrected chi connectivity index (χ0v) is 25.9. The number of nitrogens with one attached hydrogen (secondary N) is 1. The van der Waals surface area contributed by atoms with Crippen molar-refractivity contribution < 1.29 is 14.3 Å². The number of halogens is 4. The summed E-state index contributed by atoms with van der Waals surface area (Å²) in [5, 5.41) is 7.75. The number of thiazole rings is 1. The molecule has 12 heteroatoms. The summed E-state index contributed by atoms with van der Waals surface area (Å²) in [4.78, 5) is 16.9. The second-order valence-corrected chi connectivity index (χ2v) is 12.0. The van der Waals surface area contributed by atoms with Gasteiger partial charge in [-0.15, -0.1) is 11.3 Å². The highest BCUT2D eigenvalue weighted by atomic mass is 79.9. The number of benzene rings is 3. The number of ether oxygens (including phenoxy) is 2. The number of thioether (sulfide) groups is 1. The van der Waals surface area contributed by atoms with Crippen LogP contribution in [0.1, 0.15) is 18.1 Å². The topological polar surface area (TPSA) is 72.8 Å². The Labute approximate surface area is 257 Å². The van der Waals surface area contributed by atoms with Crippen molar-refractivity contribution >= 4 is 86.0 Å². The maximum atomic E-state index is 12.3. The Kier molecular flexibility index (Phi) is 11.0. The first-order chi connectivity index (χ1) is 18.8. The Morgan fingerprint density at radius 3 is 2.59 bits per heavy atom. The van der Waals surface area contributed by atoms with Gasteiger partial charge in [0.25, 0.3) is 5.91 Å². The van der Waals surface area contributed by atoms with E-state index in [-0.39, 0.29) is 18.3 Å². The molecule has 202 valence electrons. The Balaban J connectivity index is 1.34. The summed E-state index contributed by atoms with van der Waals surface area (Å²) in [5.41, 5.74) is 5.74. The summed E-state index contributed by atoms with van der Waals surface area (Å²) in [6.45, 7) is 2.47. The van der Waals surface area contributed by atoms with Crippen molar-refractivity contribution in [2.45, 2.75) is 17.9 Å². The van der Waals surface area contributed by atoms with E-state index in [9.17, 15) is 4.79 Å². The predicted molar refractivity (Wildman–Crippen MR) is 165 cm³/mol. The van der Waals surface area contributed by atoms with E-state index < -0.39 is 0 Å². The van der Waals surface area contributed by atoms with E-state index >= 15 is 0 Å². The molecule has 0 bridgehead atoms. The van der Waals surface area contributed by atoms with Gasteiger partial charge in [0.15, 0.2) is 15.8 Å². The van der Waals surface area contributed by atoms with E-state index in [4.69, 9.17) is 44.3 Å². The predicted octanol–water partition coefficient (Wildman–Crippen LogP) is 8.75. The number of rotatable bonds is 11. The van der Waals surface area contributed by atoms with Crippen LogP contribution in [-0.4, -0.2) is 29.5 Å². The fourth-order valence-electron chi connectivity index (χ4n) is 3.30. The van der Waals surface area contributed by atoms with Crippen LogP contribution in [0.5, 0.6) is 11.5 Å². The third-order valence-electron chi connectivity index (χ3n) is 5.11. The molecule has 0 aliphatic carbocycles. The highest BCUT2D eigenvalue weighted by molar-refractivity contribution is 9.10. The van der Waals surface area contributed by atoms with Gasteiger partial charge in [0.2, 0.25) is 0 Å². The highest BCUT2D eigenvalue weighted by Gasteiger charge is 2.15. The molecule has 0 spiro atoms. The van der Waals surface area contributed by atoms with Crippen molar-refractivity contribution in [1.29, 1.82) is 0 Å². The zero-order valence-electron chi connectivity index (χ0n) is 20.4. The molecule has 0 radical (unpaired) electrons. The third-order valence-corrected chi connectivity index (χ3v) is 8.68. The molecule has 0 fully saturated rings. The summed E-state index contributed by atoms with van der Waals surface area (Å²) in [7, 11) is 0. The quantitative estimate of drug-likeness (QED) is 0.0972. The number of aromatic nitrogens is 1. The van der Waals surface area contributed by atoms with Crippen molar-refractivity contribution in [2.75, 3.05) is 12.4 Å². The number of hydrogen-bond donors (Lipinski definition) is 1. The smallest absolute Gasteiger partial charge is 0.250 e. The van der Waals surface area contributed by atoms with Crippen molar-refractivity contribution in [3.05, 3.63) is 90.6 Å². The van der Waals surface area contributed by atoms with E-state index in [2.05, 4.69) is 31.4 Å². The molecule has 3 aromatic carbocycles. The molecule has 0 aliphatic rings. The van der Waals surface area contributed by atoms with Gasteiger partial charge in [-0.1, -0.05) is 64.8 Å². The molecule has 0 saturated heterocycles. The van der Waals surface area contributed by atoms with Crippen molar-refractivity contribution in [1.82, 2.24) is 10.4 Å². The average Bonchev–Trinajstić information content (AvgIpc) is 3.38. The second kappa shape index (κ2) is 14.4. The molecular formula is C27H21BrCl3N3O3S2. The van der Waals surface area contributed by atoms with Crippen LogP contribution in [0.15, 0.2) is 73.9 Å². The lowest BCUT2D eigenvalue weighted by Gasteiger charge is -2.15. The van der Waals surface area contributed by atoms with E-state index in [0.717, 1.165) is 15.6 Å². The van der Waals surface area contributed by atoms with Gasteiger partial charge < -0.3 is 9.47 Å². The first kappa shape index (κ1) is 29.7. The van der Waals surface area contributed by atoms with Crippen molar-refractivity contribution in [3.8, 4) is 22.8 Å². The minimum atomic E-state index is -0.250. The number of hydrogen-bond acceptors (Lipinski definition) is 7. The molecule has 1 heterocycles. The SMILES string of the molecule is CCOc1cc(/C=N/NC(=O)CSc2nc(-c3ccc(Cl)cc3)cs2)cc(Br)c1OCc1c(Cl)cccc1Cl. The van der Waals surface area contributed by atoms with Crippen LogP contribution in [0, 0.1) is 0 Å². The first-order valence-corrected chi connectivity index (χ1v) is 15.3. The Morgan fingerprint density at radius 2 is 1.87 bits per heavy atom. The normalized spacial score (nSPS) is 11.1. The van der Waals surface area contributed by atoms with E-state index in [1.165, 1.54) is 29.3 Å². The van der Waals surface area contributed by atoms with Crippen LogP contribution in [0.3, 0.4) is 0 Å². The van der Waals surface area contributed by atoms with Gasteiger partial charge in [0, 0.05) is 31.6 Å². The monoisotopic (exact) mass is 683 g/mol. The fourth-order valence-corrected chi connectivity index (χ4v) is 6.13. The van der Waals surface area contributed by atoms with E-state index in [0.29, 0.717) is 48.8 Å². The van der Waals surface area contributed by atoms with Gasteiger partial charge in [0.05, 0.1) is 28.7 Å². The molecule has 6 nitrogen and oxygen atoms in total. The summed E-state index contributed by atoms with van der Waals surface area (Å²) < 4.78 is 13.2. The van der Waals surface area contributed by atoms with Crippen LogP contribution in [0.4, 0.5) is 0 Å². The Morgan fingerprint density at radius 1 is 1.13 bits per heavy atom. The Hall–Kier alpha value is -2.27. The summed E-state index contributed by atoms with van der Waals surface area (Å²) in [6, 6.07) is 16.3. The molecule has 39 heavy (non-hydrogen) atoms. The minimum absolute atomic E-state index is 0.165. The van der Waals surface area contributed by atoms with Crippen molar-refractivity contribution in [2.24, 2.45) is 5.10 Å². The maximum absolute atomic E-state index is 12.3. The lowest BCUT2D eigenvalue weighted by Crippen LogP contribution is -2.19. The van der Waals surface area contributed by atoms with Crippen molar-refractivity contribution in [3.63, 3.8) is 0 Å².